The van der Waals surface area contributed by atoms with Gasteiger partial charge >= 0.3 is 0 Å². The third kappa shape index (κ3) is 3.92. The van der Waals surface area contributed by atoms with Gasteiger partial charge in [-0.1, -0.05) is 63.2 Å². The molecule has 0 fully saturated rings. The molecule has 0 aromatic heterocycles. The third-order valence-corrected chi connectivity index (χ3v) is 3.90. The van der Waals surface area contributed by atoms with Gasteiger partial charge in [-0.3, -0.25) is 0 Å². The van der Waals surface area contributed by atoms with E-state index in [1.807, 2.05) is 18.2 Å². The fraction of sp³-hybridized carbons (Fsp3) is 0.368. The number of nitrogens with one attached hydrogen (secondary N) is 1. The van der Waals surface area contributed by atoms with E-state index in [0.29, 0.717) is 12.0 Å². The average molecular weight is 285 g/mol. The molecule has 2 unspecified atom stereocenters. The second kappa shape index (κ2) is 7.37. The molecule has 0 radical (unpaired) electrons. The molecule has 0 amide bonds. The van der Waals surface area contributed by atoms with Crippen molar-refractivity contribution in [2.24, 2.45) is 5.92 Å². The van der Waals surface area contributed by atoms with Crippen LogP contribution in [0, 0.1) is 11.7 Å². The molecule has 0 aliphatic heterocycles. The highest BCUT2D eigenvalue weighted by molar-refractivity contribution is 5.34. The Balaban J connectivity index is 2.45. The van der Waals surface area contributed by atoms with Crippen molar-refractivity contribution in [2.75, 3.05) is 6.54 Å². The Morgan fingerprint density at radius 3 is 2.00 bits per heavy atom. The maximum Gasteiger partial charge on any atom is 0.123 e. The number of hydrogen-bond donors (Lipinski definition) is 1. The van der Waals surface area contributed by atoms with Crippen molar-refractivity contribution in [1.29, 1.82) is 0 Å². The van der Waals surface area contributed by atoms with E-state index in [1.54, 1.807) is 12.1 Å². The first-order valence-electron chi connectivity index (χ1n) is 7.67. The monoisotopic (exact) mass is 285 g/mol. The second-order valence-electron chi connectivity index (χ2n) is 5.77. The van der Waals surface area contributed by atoms with Gasteiger partial charge in [-0.25, -0.2) is 4.39 Å². The smallest absolute Gasteiger partial charge is 0.123 e. The average Bonchev–Trinajstić information content (AvgIpc) is 2.49. The Labute approximate surface area is 127 Å². The SMILES string of the molecule is CCNC(C(C)C)C(c1ccccc1)c1ccc(F)cc1. The van der Waals surface area contributed by atoms with Gasteiger partial charge in [0.1, 0.15) is 5.82 Å². The van der Waals surface area contributed by atoms with Gasteiger partial charge in [-0.15, -0.1) is 0 Å². The summed E-state index contributed by atoms with van der Waals surface area (Å²) in [5.41, 5.74) is 2.42. The van der Waals surface area contributed by atoms with Gasteiger partial charge in [0.25, 0.3) is 0 Å². The first-order valence-corrected chi connectivity index (χ1v) is 7.67. The van der Waals surface area contributed by atoms with Gasteiger partial charge in [0.2, 0.25) is 0 Å². The van der Waals surface area contributed by atoms with Crippen LogP contribution in [0.3, 0.4) is 0 Å². The van der Waals surface area contributed by atoms with Gasteiger partial charge < -0.3 is 5.32 Å². The quantitative estimate of drug-likeness (QED) is 0.818. The summed E-state index contributed by atoms with van der Waals surface area (Å²) in [6.07, 6.45) is 0. The minimum atomic E-state index is -0.185. The molecule has 0 aliphatic rings. The predicted octanol–water partition coefficient (Wildman–Crippen LogP) is 4.59. The van der Waals surface area contributed by atoms with E-state index in [2.05, 4.69) is 50.4 Å². The summed E-state index contributed by atoms with van der Waals surface area (Å²) >= 11 is 0. The van der Waals surface area contributed by atoms with Crippen LogP contribution in [0.5, 0.6) is 0 Å². The van der Waals surface area contributed by atoms with Crippen LogP contribution in [-0.2, 0) is 0 Å². The fourth-order valence-electron chi connectivity index (χ4n) is 2.91. The molecule has 2 heteroatoms. The lowest BCUT2D eigenvalue weighted by atomic mass is 9.80. The van der Waals surface area contributed by atoms with Crippen LogP contribution in [0.4, 0.5) is 4.39 Å². The first kappa shape index (κ1) is 15.7. The summed E-state index contributed by atoms with van der Waals surface area (Å²) in [5.74, 6) is 0.530. The van der Waals surface area contributed by atoms with E-state index in [9.17, 15) is 4.39 Å². The normalized spacial score (nSPS) is 14.1. The van der Waals surface area contributed by atoms with Crippen molar-refractivity contribution in [3.05, 3.63) is 71.5 Å². The molecular weight excluding hydrogens is 261 g/mol. The lowest BCUT2D eigenvalue weighted by Crippen LogP contribution is -2.39. The number of benzene rings is 2. The number of hydrogen-bond acceptors (Lipinski definition) is 1. The third-order valence-electron chi connectivity index (χ3n) is 3.90. The van der Waals surface area contributed by atoms with Crippen LogP contribution >= 0.6 is 0 Å². The summed E-state index contributed by atoms with van der Waals surface area (Å²) in [6.45, 7) is 7.51. The minimum absolute atomic E-state index is 0.185. The van der Waals surface area contributed by atoms with Gasteiger partial charge in [0, 0.05) is 12.0 Å². The molecule has 2 atom stereocenters. The van der Waals surface area contributed by atoms with Gasteiger partial charge in [0.05, 0.1) is 0 Å². The highest BCUT2D eigenvalue weighted by Crippen LogP contribution is 2.31. The zero-order valence-electron chi connectivity index (χ0n) is 13.0. The Bertz CT molecular complexity index is 533. The van der Waals surface area contributed by atoms with E-state index < -0.39 is 0 Å². The lowest BCUT2D eigenvalue weighted by Gasteiger charge is -2.32. The van der Waals surface area contributed by atoms with Gasteiger partial charge in [0.15, 0.2) is 0 Å². The lowest BCUT2D eigenvalue weighted by molar-refractivity contribution is 0.372. The molecule has 2 aromatic carbocycles. The van der Waals surface area contributed by atoms with Crippen molar-refractivity contribution in [1.82, 2.24) is 5.32 Å². The highest BCUT2D eigenvalue weighted by atomic mass is 19.1. The van der Waals surface area contributed by atoms with Crippen LogP contribution in [-0.4, -0.2) is 12.6 Å². The Morgan fingerprint density at radius 2 is 1.48 bits per heavy atom. The van der Waals surface area contributed by atoms with Crippen LogP contribution in [0.2, 0.25) is 0 Å². The molecule has 1 nitrogen and oxygen atoms in total. The van der Waals surface area contributed by atoms with Crippen LogP contribution in [0.1, 0.15) is 37.8 Å². The molecule has 0 spiro atoms. The van der Waals surface area contributed by atoms with Crippen LogP contribution in [0.25, 0.3) is 0 Å². The van der Waals surface area contributed by atoms with Crippen molar-refractivity contribution >= 4 is 0 Å². The summed E-state index contributed by atoms with van der Waals surface area (Å²) in [5, 5.41) is 3.60. The molecule has 2 rings (SSSR count). The van der Waals surface area contributed by atoms with E-state index >= 15 is 0 Å². The maximum atomic E-state index is 13.2. The molecule has 0 saturated heterocycles. The zero-order valence-corrected chi connectivity index (χ0v) is 13.0. The number of likely N-dealkylation sites (N-methyl/N-ethyl adjacent to an activating group) is 1. The van der Waals surface area contributed by atoms with Crippen molar-refractivity contribution in [2.45, 2.75) is 32.7 Å². The standard InChI is InChI=1S/C19H24FN/c1-4-21-19(14(2)3)18(15-8-6-5-7-9-15)16-10-12-17(20)13-11-16/h5-14,18-19,21H,4H2,1-3H3. The predicted molar refractivity (Wildman–Crippen MR) is 87.0 cm³/mol. The van der Waals surface area contributed by atoms with Crippen molar-refractivity contribution in [3.63, 3.8) is 0 Å². The molecule has 112 valence electrons. The van der Waals surface area contributed by atoms with E-state index in [4.69, 9.17) is 0 Å². The number of halogens is 1. The molecule has 0 aliphatic carbocycles. The second-order valence-corrected chi connectivity index (χ2v) is 5.77. The van der Waals surface area contributed by atoms with Crippen molar-refractivity contribution in [3.8, 4) is 0 Å². The van der Waals surface area contributed by atoms with E-state index in [0.717, 1.165) is 12.1 Å². The summed E-state index contributed by atoms with van der Waals surface area (Å²) < 4.78 is 13.2. The maximum absolute atomic E-state index is 13.2. The Morgan fingerprint density at radius 1 is 0.905 bits per heavy atom. The van der Waals surface area contributed by atoms with Gasteiger partial charge in [-0.05, 0) is 35.7 Å². The van der Waals surface area contributed by atoms with Crippen LogP contribution < -0.4 is 5.32 Å². The number of rotatable bonds is 6. The summed E-state index contributed by atoms with van der Waals surface area (Å²) in [4.78, 5) is 0. The summed E-state index contributed by atoms with van der Waals surface area (Å²) in [6, 6.07) is 17.7. The van der Waals surface area contributed by atoms with E-state index in [1.165, 1.54) is 5.56 Å². The zero-order chi connectivity index (χ0) is 15.2. The molecule has 1 N–H and O–H groups in total. The topological polar surface area (TPSA) is 12.0 Å². The summed E-state index contributed by atoms with van der Waals surface area (Å²) in [7, 11) is 0. The van der Waals surface area contributed by atoms with E-state index in [-0.39, 0.29) is 11.7 Å². The largest absolute Gasteiger partial charge is 0.313 e. The van der Waals surface area contributed by atoms with Crippen LogP contribution in [0.15, 0.2) is 54.6 Å². The van der Waals surface area contributed by atoms with Crippen molar-refractivity contribution < 1.29 is 4.39 Å². The molecule has 2 aromatic rings. The molecule has 0 saturated carbocycles. The molecule has 21 heavy (non-hydrogen) atoms. The molecule has 0 heterocycles. The first-order chi connectivity index (χ1) is 10.1. The fourth-order valence-corrected chi connectivity index (χ4v) is 2.91. The highest BCUT2D eigenvalue weighted by Gasteiger charge is 2.26. The Hall–Kier alpha value is -1.67. The molecular formula is C19H24FN. The van der Waals surface area contributed by atoms with Gasteiger partial charge in [-0.2, -0.15) is 0 Å². The Kier molecular flexibility index (Phi) is 5.51. The minimum Gasteiger partial charge on any atom is -0.313 e. The molecule has 0 bridgehead atoms.